The van der Waals surface area contributed by atoms with Crippen LogP contribution < -0.4 is 0 Å². The summed E-state index contributed by atoms with van der Waals surface area (Å²) in [5.41, 5.74) is 2.14. The first-order chi connectivity index (χ1) is 10.7. The molecule has 118 valence electrons. The van der Waals surface area contributed by atoms with Crippen molar-refractivity contribution in [3.05, 3.63) is 58.5 Å². The highest BCUT2D eigenvalue weighted by atomic mass is 79.9. The minimum absolute atomic E-state index is 0.119. The summed E-state index contributed by atoms with van der Waals surface area (Å²) in [6, 6.07) is 9.86. The van der Waals surface area contributed by atoms with Crippen LogP contribution in [0.5, 0.6) is 0 Å². The number of nitrogens with zero attached hydrogens (tertiary/aromatic N) is 1. The van der Waals surface area contributed by atoms with Crippen molar-refractivity contribution >= 4 is 21.8 Å². The molecule has 0 saturated heterocycles. The van der Waals surface area contributed by atoms with Crippen molar-refractivity contribution in [2.45, 2.75) is 19.4 Å². The molecule has 0 aliphatic carbocycles. The minimum Gasteiger partial charge on any atom is -0.472 e. The van der Waals surface area contributed by atoms with Gasteiger partial charge in [-0.05, 0) is 24.1 Å². The molecule has 1 aromatic carbocycles. The molecular weight excluding hydrogens is 346 g/mol. The molecule has 0 radical (unpaired) electrons. The SMILES string of the molecule is COCCN(Cc1ccoc1)C(=O)CCc1ccccc1Br. The number of hydrogen-bond donors (Lipinski definition) is 0. The first-order valence-electron chi connectivity index (χ1n) is 7.22. The van der Waals surface area contributed by atoms with Crippen molar-refractivity contribution < 1.29 is 13.9 Å². The van der Waals surface area contributed by atoms with E-state index in [0.717, 1.165) is 22.0 Å². The molecule has 1 heterocycles. The van der Waals surface area contributed by atoms with Crippen LogP contribution in [0.15, 0.2) is 51.7 Å². The molecule has 5 heteroatoms. The molecular formula is C17H20BrNO3. The maximum absolute atomic E-state index is 12.5. The average Bonchev–Trinajstić information content (AvgIpc) is 3.03. The Bertz CT molecular complexity index is 583. The normalized spacial score (nSPS) is 10.6. The van der Waals surface area contributed by atoms with Crippen LogP contribution in [0.3, 0.4) is 0 Å². The Balaban J connectivity index is 1.94. The number of aryl methyl sites for hydroxylation is 1. The van der Waals surface area contributed by atoms with E-state index in [1.54, 1.807) is 19.6 Å². The summed E-state index contributed by atoms with van der Waals surface area (Å²) in [4.78, 5) is 14.3. The van der Waals surface area contributed by atoms with Gasteiger partial charge >= 0.3 is 0 Å². The second-order valence-electron chi connectivity index (χ2n) is 5.03. The van der Waals surface area contributed by atoms with Crippen LogP contribution in [0, 0.1) is 0 Å². The number of halogens is 1. The molecule has 0 bridgehead atoms. The Labute approximate surface area is 139 Å². The summed E-state index contributed by atoms with van der Waals surface area (Å²) in [5.74, 6) is 0.119. The van der Waals surface area contributed by atoms with Gasteiger partial charge in [-0.15, -0.1) is 0 Å². The predicted molar refractivity (Wildman–Crippen MR) is 88.5 cm³/mol. The van der Waals surface area contributed by atoms with Crippen molar-refractivity contribution in [2.24, 2.45) is 0 Å². The average molecular weight is 366 g/mol. The Morgan fingerprint density at radius 2 is 2.14 bits per heavy atom. The van der Waals surface area contributed by atoms with Gasteiger partial charge in [0.1, 0.15) is 0 Å². The quantitative estimate of drug-likeness (QED) is 0.716. The number of ether oxygens (including phenoxy) is 1. The third-order valence-corrected chi connectivity index (χ3v) is 4.21. The molecule has 2 rings (SSSR count). The fraction of sp³-hybridized carbons (Fsp3) is 0.353. The number of benzene rings is 1. The zero-order chi connectivity index (χ0) is 15.8. The van der Waals surface area contributed by atoms with Crippen LogP contribution in [0.25, 0.3) is 0 Å². The largest absolute Gasteiger partial charge is 0.472 e. The van der Waals surface area contributed by atoms with E-state index in [-0.39, 0.29) is 5.91 Å². The lowest BCUT2D eigenvalue weighted by Crippen LogP contribution is -2.33. The molecule has 0 aliphatic heterocycles. The van der Waals surface area contributed by atoms with Crippen molar-refractivity contribution in [3.8, 4) is 0 Å². The van der Waals surface area contributed by atoms with Crippen LogP contribution in [-0.2, 0) is 22.5 Å². The second kappa shape index (κ2) is 8.76. The van der Waals surface area contributed by atoms with E-state index >= 15 is 0 Å². The summed E-state index contributed by atoms with van der Waals surface area (Å²) in [6.45, 7) is 1.66. The fourth-order valence-corrected chi connectivity index (χ4v) is 2.68. The molecule has 22 heavy (non-hydrogen) atoms. The number of methoxy groups -OCH3 is 1. The predicted octanol–water partition coefficient (Wildman–Crippen LogP) is 3.65. The Morgan fingerprint density at radius 3 is 2.82 bits per heavy atom. The molecule has 4 nitrogen and oxygen atoms in total. The van der Waals surface area contributed by atoms with Gasteiger partial charge in [-0.25, -0.2) is 0 Å². The zero-order valence-corrected chi connectivity index (χ0v) is 14.2. The monoisotopic (exact) mass is 365 g/mol. The smallest absolute Gasteiger partial charge is 0.223 e. The van der Waals surface area contributed by atoms with Crippen LogP contribution in [0.4, 0.5) is 0 Å². The Morgan fingerprint density at radius 1 is 1.32 bits per heavy atom. The van der Waals surface area contributed by atoms with E-state index in [2.05, 4.69) is 15.9 Å². The molecule has 0 aliphatic rings. The van der Waals surface area contributed by atoms with E-state index in [0.29, 0.717) is 26.1 Å². The van der Waals surface area contributed by atoms with Gasteiger partial charge in [-0.3, -0.25) is 4.79 Å². The Kier molecular flexibility index (Phi) is 6.68. The van der Waals surface area contributed by atoms with Crippen LogP contribution in [-0.4, -0.2) is 31.1 Å². The molecule has 0 spiro atoms. The fourth-order valence-electron chi connectivity index (χ4n) is 2.20. The molecule has 0 unspecified atom stereocenters. The lowest BCUT2D eigenvalue weighted by molar-refractivity contribution is -0.132. The van der Waals surface area contributed by atoms with Gasteiger partial charge in [-0.1, -0.05) is 34.1 Å². The highest BCUT2D eigenvalue weighted by Gasteiger charge is 2.15. The zero-order valence-electron chi connectivity index (χ0n) is 12.6. The molecule has 0 N–H and O–H groups in total. The standard InChI is InChI=1S/C17H20BrNO3/c1-21-11-9-19(12-14-8-10-22-13-14)17(20)7-6-15-4-2-3-5-16(15)18/h2-5,8,10,13H,6-7,9,11-12H2,1H3. The van der Waals surface area contributed by atoms with Crippen molar-refractivity contribution in [1.29, 1.82) is 0 Å². The number of furan rings is 1. The second-order valence-corrected chi connectivity index (χ2v) is 5.89. The van der Waals surface area contributed by atoms with E-state index in [4.69, 9.17) is 9.15 Å². The maximum atomic E-state index is 12.5. The van der Waals surface area contributed by atoms with Gasteiger partial charge in [0.2, 0.25) is 5.91 Å². The van der Waals surface area contributed by atoms with Crippen LogP contribution in [0.2, 0.25) is 0 Å². The van der Waals surface area contributed by atoms with Gasteiger partial charge in [0.05, 0.1) is 19.1 Å². The summed E-state index contributed by atoms with van der Waals surface area (Å²) >= 11 is 3.52. The van der Waals surface area contributed by atoms with Crippen molar-refractivity contribution in [3.63, 3.8) is 0 Å². The summed E-state index contributed by atoms with van der Waals surface area (Å²) < 4.78 is 11.2. The van der Waals surface area contributed by atoms with Gasteiger partial charge in [0, 0.05) is 36.7 Å². The number of carbonyl (C=O) groups is 1. The highest BCUT2D eigenvalue weighted by molar-refractivity contribution is 9.10. The van der Waals surface area contributed by atoms with Gasteiger partial charge < -0.3 is 14.1 Å². The first kappa shape index (κ1) is 16.8. The van der Waals surface area contributed by atoms with Crippen molar-refractivity contribution in [2.75, 3.05) is 20.3 Å². The lowest BCUT2D eigenvalue weighted by atomic mass is 10.1. The lowest BCUT2D eigenvalue weighted by Gasteiger charge is -2.22. The first-order valence-corrected chi connectivity index (χ1v) is 8.01. The number of hydrogen-bond acceptors (Lipinski definition) is 3. The van der Waals surface area contributed by atoms with E-state index in [9.17, 15) is 4.79 Å². The number of rotatable bonds is 8. The summed E-state index contributed by atoms with van der Waals surface area (Å²) in [7, 11) is 1.64. The van der Waals surface area contributed by atoms with Gasteiger partial charge in [0.15, 0.2) is 0 Å². The van der Waals surface area contributed by atoms with E-state index in [1.807, 2.05) is 35.2 Å². The molecule has 1 aromatic heterocycles. The molecule has 2 aromatic rings. The van der Waals surface area contributed by atoms with E-state index in [1.165, 1.54) is 0 Å². The molecule has 0 atom stereocenters. The molecule has 0 fully saturated rings. The third-order valence-electron chi connectivity index (χ3n) is 3.44. The van der Waals surface area contributed by atoms with Crippen LogP contribution in [0.1, 0.15) is 17.5 Å². The topological polar surface area (TPSA) is 42.7 Å². The molecule has 1 amide bonds. The minimum atomic E-state index is 0.119. The summed E-state index contributed by atoms with van der Waals surface area (Å²) in [6.07, 6.45) is 4.48. The maximum Gasteiger partial charge on any atom is 0.223 e. The highest BCUT2D eigenvalue weighted by Crippen LogP contribution is 2.18. The molecule has 0 saturated carbocycles. The van der Waals surface area contributed by atoms with Gasteiger partial charge in [0.25, 0.3) is 0 Å². The Hall–Kier alpha value is -1.59. The van der Waals surface area contributed by atoms with Crippen LogP contribution >= 0.6 is 15.9 Å². The van der Waals surface area contributed by atoms with E-state index < -0.39 is 0 Å². The number of carbonyl (C=O) groups excluding carboxylic acids is 1. The summed E-state index contributed by atoms with van der Waals surface area (Å²) in [5, 5.41) is 0. The number of amides is 1. The third kappa shape index (κ3) is 5.00. The van der Waals surface area contributed by atoms with Gasteiger partial charge in [-0.2, -0.15) is 0 Å². The van der Waals surface area contributed by atoms with Crippen molar-refractivity contribution in [1.82, 2.24) is 4.90 Å².